The Morgan fingerprint density at radius 1 is 1.16 bits per heavy atom. The maximum Gasteiger partial charge on any atom is 0.223 e. The Labute approximate surface area is 158 Å². The number of likely N-dealkylation sites (tertiary alicyclic amines) is 1. The van der Waals surface area contributed by atoms with Crippen LogP contribution in [-0.2, 0) is 10.2 Å². The van der Waals surface area contributed by atoms with Gasteiger partial charge in [0.1, 0.15) is 0 Å². The second-order valence-corrected chi connectivity index (χ2v) is 7.99. The van der Waals surface area contributed by atoms with Crippen molar-refractivity contribution in [1.82, 2.24) is 15.1 Å². The fraction of sp³-hybridized carbons (Fsp3) is 0.650. The molecule has 2 aliphatic heterocycles. The van der Waals surface area contributed by atoms with Gasteiger partial charge < -0.3 is 10.2 Å². The number of nitrogens with zero attached hydrogens (tertiary/aromatic N) is 2. The summed E-state index contributed by atoms with van der Waals surface area (Å²) in [5, 5.41) is 3.40. The van der Waals surface area contributed by atoms with Crippen LogP contribution in [0.2, 0.25) is 0 Å². The summed E-state index contributed by atoms with van der Waals surface area (Å²) in [5.74, 6) is 0.304. The van der Waals surface area contributed by atoms with Gasteiger partial charge in [0, 0.05) is 51.7 Å². The molecule has 1 atom stereocenters. The molecule has 25 heavy (non-hydrogen) atoms. The second-order valence-electron chi connectivity index (χ2n) is 7.99. The van der Waals surface area contributed by atoms with Gasteiger partial charge in [-0.25, -0.2) is 0 Å². The van der Waals surface area contributed by atoms with Gasteiger partial charge in [0.25, 0.3) is 0 Å². The quantitative estimate of drug-likeness (QED) is 0.890. The zero-order valence-corrected chi connectivity index (χ0v) is 16.6. The van der Waals surface area contributed by atoms with E-state index in [-0.39, 0.29) is 17.8 Å². The van der Waals surface area contributed by atoms with Crippen molar-refractivity contribution in [2.45, 2.75) is 45.1 Å². The van der Waals surface area contributed by atoms with Gasteiger partial charge >= 0.3 is 0 Å². The van der Waals surface area contributed by atoms with Crippen LogP contribution in [0, 0.1) is 6.92 Å². The van der Waals surface area contributed by atoms with Crippen LogP contribution in [0.5, 0.6) is 0 Å². The number of hydrogen-bond acceptors (Lipinski definition) is 3. The molecule has 1 N–H and O–H groups in total. The fourth-order valence-corrected chi connectivity index (χ4v) is 3.91. The van der Waals surface area contributed by atoms with Crippen LogP contribution in [0.15, 0.2) is 24.3 Å². The van der Waals surface area contributed by atoms with E-state index in [1.807, 2.05) is 0 Å². The number of rotatable bonds is 4. The van der Waals surface area contributed by atoms with Crippen molar-refractivity contribution in [3.63, 3.8) is 0 Å². The molecular weight excluding hydrogens is 334 g/mol. The molecule has 2 fully saturated rings. The lowest BCUT2D eigenvalue weighted by molar-refractivity contribution is -0.131. The molecule has 140 valence electrons. The van der Waals surface area contributed by atoms with Crippen LogP contribution in [0.25, 0.3) is 0 Å². The van der Waals surface area contributed by atoms with Crippen LogP contribution in [-0.4, -0.2) is 61.0 Å². The minimum Gasteiger partial charge on any atom is -0.341 e. The summed E-state index contributed by atoms with van der Waals surface area (Å²) >= 11 is 0. The zero-order chi connectivity index (χ0) is 17.2. The minimum absolute atomic E-state index is 0. The Bertz CT molecular complexity index is 567. The van der Waals surface area contributed by atoms with Crippen LogP contribution >= 0.6 is 12.4 Å². The van der Waals surface area contributed by atoms with Crippen molar-refractivity contribution >= 4 is 18.3 Å². The van der Waals surface area contributed by atoms with Gasteiger partial charge in [0.15, 0.2) is 0 Å². The van der Waals surface area contributed by atoms with E-state index >= 15 is 0 Å². The van der Waals surface area contributed by atoms with Crippen molar-refractivity contribution in [1.29, 1.82) is 0 Å². The van der Waals surface area contributed by atoms with Crippen molar-refractivity contribution in [3.8, 4) is 0 Å². The molecule has 1 amide bonds. The maximum atomic E-state index is 12.8. The second kappa shape index (κ2) is 8.52. The Kier molecular flexibility index (Phi) is 6.89. The lowest BCUT2D eigenvalue weighted by atomic mass is 9.81. The Morgan fingerprint density at radius 2 is 1.80 bits per heavy atom. The SMILES string of the molecule is Cc1ccc(C(C)(C)CC(=O)N2CCC(N3CCNCC3)C2)cc1.Cl. The Morgan fingerprint density at radius 3 is 2.44 bits per heavy atom. The highest BCUT2D eigenvalue weighted by atomic mass is 35.5. The molecule has 2 aliphatic rings. The van der Waals surface area contributed by atoms with Crippen molar-refractivity contribution in [3.05, 3.63) is 35.4 Å². The summed E-state index contributed by atoms with van der Waals surface area (Å²) < 4.78 is 0. The van der Waals surface area contributed by atoms with Crippen LogP contribution in [0.1, 0.15) is 37.8 Å². The van der Waals surface area contributed by atoms with Gasteiger partial charge in [0.05, 0.1) is 0 Å². The summed E-state index contributed by atoms with van der Waals surface area (Å²) in [6.45, 7) is 12.7. The summed E-state index contributed by atoms with van der Waals surface area (Å²) in [4.78, 5) is 17.5. The monoisotopic (exact) mass is 365 g/mol. The first-order valence-electron chi connectivity index (χ1n) is 9.25. The van der Waals surface area contributed by atoms with Crippen LogP contribution in [0.4, 0.5) is 0 Å². The highest BCUT2D eigenvalue weighted by molar-refractivity contribution is 5.85. The summed E-state index contributed by atoms with van der Waals surface area (Å²) in [6, 6.07) is 9.15. The molecule has 1 aromatic carbocycles. The largest absolute Gasteiger partial charge is 0.341 e. The predicted molar refractivity (Wildman–Crippen MR) is 105 cm³/mol. The lowest BCUT2D eigenvalue weighted by Crippen LogP contribution is -2.49. The standard InChI is InChI=1S/C20H31N3O.ClH/c1-16-4-6-17(7-5-16)20(2,3)14-19(24)23-11-8-18(15-23)22-12-9-21-10-13-22;/h4-7,18,21H,8-15H2,1-3H3;1H. The normalized spacial score (nSPS) is 21.9. The average Bonchev–Trinajstić information content (AvgIpc) is 3.06. The van der Waals surface area contributed by atoms with Crippen LogP contribution in [0.3, 0.4) is 0 Å². The number of halogens is 1. The molecular formula is C20H32ClN3O. The van der Waals surface area contributed by atoms with Gasteiger partial charge in [0.2, 0.25) is 5.91 Å². The van der Waals surface area contributed by atoms with Crippen molar-refractivity contribution in [2.24, 2.45) is 0 Å². The molecule has 3 rings (SSSR count). The molecule has 1 aromatic rings. The topological polar surface area (TPSA) is 35.6 Å². The number of benzene rings is 1. The molecule has 2 saturated heterocycles. The summed E-state index contributed by atoms with van der Waals surface area (Å²) in [5.41, 5.74) is 2.40. The van der Waals surface area contributed by atoms with E-state index in [0.717, 1.165) is 45.7 Å². The highest BCUT2D eigenvalue weighted by Gasteiger charge is 2.33. The zero-order valence-electron chi connectivity index (χ0n) is 15.8. The predicted octanol–water partition coefficient (Wildman–Crippen LogP) is 2.59. The third-order valence-electron chi connectivity index (χ3n) is 5.61. The molecule has 0 radical (unpaired) electrons. The van der Waals surface area contributed by atoms with E-state index in [4.69, 9.17) is 0 Å². The number of piperazine rings is 1. The smallest absolute Gasteiger partial charge is 0.223 e. The van der Waals surface area contributed by atoms with Gasteiger partial charge in [-0.15, -0.1) is 12.4 Å². The lowest BCUT2D eigenvalue weighted by Gasteiger charge is -2.33. The minimum atomic E-state index is -0.113. The molecule has 0 aromatic heterocycles. The van der Waals surface area contributed by atoms with E-state index in [1.165, 1.54) is 11.1 Å². The summed E-state index contributed by atoms with van der Waals surface area (Å²) in [6.07, 6.45) is 1.71. The van der Waals surface area contributed by atoms with Gasteiger partial charge in [-0.2, -0.15) is 0 Å². The van der Waals surface area contributed by atoms with E-state index in [9.17, 15) is 4.79 Å². The Balaban J connectivity index is 0.00000225. The third kappa shape index (κ3) is 4.96. The molecule has 2 heterocycles. The number of amides is 1. The molecule has 0 spiro atoms. The first kappa shape index (κ1) is 20.2. The fourth-order valence-electron chi connectivity index (χ4n) is 3.91. The van der Waals surface area contributed by atoms with E-state index in [2.05, 4.69) is 60.2 Å². The molecule has 0 bridgehead atoms. The van der Waals surface area contributed by atoms with Gasteiger partial charge in [-0.05, 0) is 24.3 Å². The molecule has 0 aliphatic carbocycles. The Hall–Kier alpha value is -1.10. The number of hydrogen-bond donors (Lipinski definition) is 1. The number of carbonyl (C=O) groups is 1. The number of aryl methyl sites for hydroxylation is 1. The first-order chi connectivity index (χ1) is 11.5. The molecule has 4 nitrogen and oxygen atoms in total. The average molecular weight is 366 g/mol. The number of carbonyl (C=O) groups excluding carboxylic acids is 1. The molecule has 1 unspecified atom stereocenters. The molecule has 0 saturated carbocycles. The van der Waals surface area contributed by atoms with E-state index in [0.29, 0.717) is 18.4 Å². The number of nitrogens with one attached hydrogen (secondary N) is 1. The van der Waals surface area contributed by atoms with E-state index < -0.39 is 0 Å². The highest BCUT2D eigenvalue weighted by Crippen LogP contribution is 2.29. The maximum absolute atomic E-state index is 12.8. The van der Waals surface area contributed by atoms with Crippen molar-refractivity contribution in [2.75, 3.05) is 39.3 Å². The van der Waals surface area contributed by atoms with Gasteiger partial charge in [-0.3, -0.25) is 9.69 Å². The van der Waals surface area contributed by atoms with Crippen molar-refractivity contribution < 1.29 is 4.79 Å². The molecule has 5 heteroatoms. The van der Waals surface area contributed by atoms with Gasteiger partial charge in [-0.1, -0.05) is 43.7 Å². The van der Waals surface area contributed by atoms with E-state index in [1.54, 1.807) is 0 Å². The first-order valence-corrected chi connectivity index (χ1v) is 9.25. The summed E-state index contributed by atoms with van der Waals surface area (Å²) in [7, 11) is 0. The third-order valence-corrected chi connectivity index (χ3v) is 5.61. The van der Waals surface area contributed by atoms with Crippen LogP contribution < -0.4 is 5.32 Å².